The number of hydrogen-bond acceptors (Lipinski definition) is 6. The van der Waals surface area contributed by atoms with Gasteiger partial charge in [-0.2, -0.15) is 0 Å². The quantitative estimate of drug-likeness (QED) is 0.811. The number of hydrogen-bond donors (Lipinski definition) is 2. The Morgan fingerprint density at radius 1 is 1.26 bits per heavy atom. The maximum Gasteiger partial charge on any atom is 0.348 e. The molecule has 122 valence electrons. The molecule has 2 N–H and O–H groups in total. The molecular weight excluding hydrogens is 336 g/mol. The van der Waals surface area contributed by atoms with Gasteiger partial charge >= 0.3 is 5.97 Å². The van der Waals surface area contributed by atoms with Gasteiger partial charge in [0.1, 0.15) is 9.88 Å². The van der Waals surface area contributed by atoms with Crippen LogP contribution in [-0.2, 0) is 4.74 Å². The number of carbonyl (C=O) groups is 3. The van der Waals surface area contributed by atoms with Crippen molar-refractivity contribution >= 4 is 45.5 Å². The molecular formula is C15H16N2O4S2. The lowest BCUT2D eigenvalue weighted by Gasteiger charge is -2.05. The highest BCUT2D eigenvalue weighted by atomic mass is 32.1. The van der Waals surface area contributed by atoms with Crippen LogP contribution in [0.4, 0.5) is 5.00 Å². The molecule has 0 fully saturated rings. The molecule has 0 saturated heterocycles. The van der Waals surface area contributed by atoms with Gasteiger partial charge < -0.3 is 15.4 Å². The van der Waals surface area contributed by atoms with Crippen LogP contribution < -0.4 is 10.6 Å². The highest BCUT2D eigenvalue weighted by Gasteiger charge is 2.26. The summed E-state index contributed by atoms with van der Waals surface area (Å²) in [4.78, 5) is 37.2. The molecule has 2 aromatic heterocycles. The third-order valence-corrected chi connectivity index (χ3v) is 5.09. The van der Waals surface area contributed by atoms with Crippen molar-refractivity contribution in [2.45, 2.75) is 13.8 Å². The first-order valence-electron chi connectivity index (χ1n) is 6.87. The maximum atomic E-state index is 12.2. The van der Waals surface area contributed by atoms with Gasteiger partial charge in [-0.3, -0.25) is 9.59 Å². The summed E-state index contributed by atoms with van der Waals surface area (Å²) in [5.74, 6) is -1.19. The maximum absolute atomic E-state index is 12.2. The van der Waals surface area contributed by atoms with E-state index in [-0.39, 0.29) is 24.0 Å². The van der Waals surface area contributed by atoms with E-state index in [9.17, 15) is 14.4 Å². The predicted molar refractivity (Wildman–Crippen MR) is 90.7 cm³/mol. The van der Waals surface area contributed by atoms with Crippen LogP contribution in [0.1, 0.15) is 42.2 Å². The average Bonchev–Trinajstić information content (AvgIpc) is 3.15. The first kappa shape index (κ1) is 17.2. The smallest absolute Gasteiger partial charge is 0.348 e. The molecule has 0 aliphatic rings. The number of anilines is 1. The van der Waals surface area contributed by atoms with Crippen LogP contribution in [0.15, 0.2) is 17.5 Å². The second-order valence-electron chi connectivity index (χ2n) is 4.49. The number of thiophene rings is 2. The topological polar surface area (TPSA) is 84.5 Å². The lowest BCUT2D eigenvalue weighted by Crippen LogP contribution is -2.21. The third-order valence-electron chi connectivity index (χ3n) is 3.03. The van der Waals surface area contributed by atoms with Gasteiger partial charge in [-0.25, -0.2) is 4.79 Å². The van der Waals surface area contributed by atoms with Crippen molar-refractivity contribution in [1.29, 1.82) is 0 Å². The van der Waals surface area contributed by atoms with Crippen molar-refractivity contribution in [2.75, 3.05) is 19.0 Å². The van der Waals surface area contributed by atoms with Crippen LogP contribution >= 0.6 is 22.7 Å². The van der Waals surface area contributed by atoms with Gasteiger partial charge in [0.25, 0.3) is 11.8 Å². The van der Waals surface area contributed by atoms with Gasteiger partial charge in [0, 0.05) is 7.05 Å². The molecule has 2 heterocycles. The summed E-state index contributed by atoms with van der Waals surface area (Å²) in [6, 6.07) is 3.45. The summed E-state index contributed by atoms with van der Waals surface area (Å²) in [7, 11) is 1.49. The summed E-state index contributed by atoms with van der Waals surface area (Å²) < 4.78 is 5.00. The van der Waals surface area contributed by atoms with Gasteiger partial charge in [0.05, 0.1) is 17.0 Å². The Hall–Kier alpha value is -2.19. The number of amides is 2. The summed E-state index contributed by atoms with van der Waals surface area (Å²) in [5.41, 5.74) is 0.778. The minimum atomic E-state index is -0.503. The van der Waals surface area contributed by atoms with Crippen LogP contribution in [0, 0.1) is 6.92 Å². The van der Waals surface area contributed by atoms with Crippen molar-refractivity contribution in [1.82, 2.24) is 5.32 Å². The Morgan fingerprint density at radius 3 is 2.57 bits per heavy atom. The zero-order valence-corrected chi connectivity index (χ0v) is 14.5. The number of ether oxygens (including phenoxy) is 1. The molecule has 0 spiro atoms. The van der Waals surface area contributed by atoms with E-state index in [1.165, 1.54) is 18.4 Å². The van der Waals surface area contributed by atoms with Gasteiger partial charge in [-0.15, -0.1) is 22.7 Å². The second-order valence-corrected chi connectivity index (χ2v) is 6.46. The van der Waals surface area contributed by atoms with Crippen molar-refractivity contribution < 1.29 is 19.1 Å². The second kappa shape index (κ2) is 7.38. The molecule has 0 aromatic carbocycles. The number of nitrogens with one attached hydrogen (secondary N) is 2. The van der Waals surface area contributed by atoms with Crippen LogP contribution in [0.3, 0.4) is 0 Å². The summed E-state index contributed by atoms with van der Waals surface area (Å²) in [6.07, 6.45) is 0. The largest absolute Gasteiger partial charge is 0.462 e. The number of esters is 1. The zero-order valence-electron chi connectivity index (χ0n) is 12.9. The SMILES string of the molecule is CCOC(=O)c1sc(NC(=O)c2cccs2)c(C(=O)NC)c1C. The summed E-state index contributed by atoms with van der Waals surface area (Å²) in [5, 5.41) is 7.36. The van der Waals surface area contributed by atoms with Crippen molar-refractivity contribution in [2.24, 2.45) is 0 Å². The van der Waals surface area contributed by atoms with Crippen LogP contribution in [0.2, 0.25) is 0 Å². The first-order valence-corrected chi connectivity index (χ1v) is 8.56. The third kappa shape index (κ3) is 3.59. The highest BCUT2D eigenvalue weighted by Crippen LogP contribution is 2.34. The van der Waals surface area contributed by atoms with E-state index < -0.39 is 5.97 Å². The summed E-state index contributed by atoms with van der Waals surface area (Å²) >= 11 is 2.34. The fraction of sp³-hybridized carbons (Fsp3) is 0.267. The Morgan fingerprint density at radius 2 is 2.00 bits per heavy atom. The van der Waals surface area contributed by atoms with Crippen LogP contribution in [0.25, 0.3) is 0 Å². The molecule has 0 radical (unpaired) electrons. The molecule has 2 amide bonds. The Balaban J connectivity index is 2.40. The predicted octanol–water partition coefficient (Wildman–Crippen LogP) is 2.91. The van der Waals surface area contributed by atoms with Gasteiger partial charge in [0.2, 0.25) is 0 Å². The minimum Gasteiger partial charge on any atom is -0.462 e. The normalized spacial score (nSPS) is 10.2. The molecule has 2 aromatic rings. The standard InChI is InChI=1S/C15H16N2O4S2/c1-4-21-15(20)11-8(2)10(13(19)16-3)14(23-11)17-12(18)9-6-5-7-22-9/h5-7H,4H2,1-3H3,(H,16,19)(H,17,18). The van der Waals surface area contributed by atoms with E-state index >= 15 is 0 Å². The van der Waals surface area contributed by atoms with Crippen molar-refractivity contribution in [3.63, 3.8) is 0 Å². The molecule has 0 bridgehead atoms. The van der Waals surface area contributed by atoms with E-state index in [0.717, 1.165) is 11.3 Å². The lowest BCUT2D eigenvalue weighted by molar-refractivity contribution is 0.0531. The fourth-order valence-electron chi connectivity index (χ4n) is 1.96. The average molecular weight is 352 g/mol. The molecule has 0 aliphatic carbocycles. The number of rotatable bonds is 5. The van der Waals surface area contributed by atoms with Crippen LogP contribution in [0.5, 0.6) is 0 Å². The van der Waals surface area contributed by atoms with Crippen molar-refractivity contribution in [3.05, 3.63) is 38.4 Å². The molecule has 0 aliphatic heterocycles. The van der Waals surface area contributed by atoms with E-state index in [1.54, 1.807) is 31.4 Å². The zero-order chi connectivity index (χ0) is 17.0. The number of carbonyl (C=O) groups excluding carboxylic acids is 3. The lowest BCUT2D eigenvalue weighted by atomic mass is 10.1. The minimum absolute atomic E-state index is 0.238. The van der Waals surface area contributed by atoms with Gasteiger partial charge in [-0.05, 0) is 30.9 Å². The molecule has 0 saturated carbocycles. The molecule has 6 nitrogen and oxygen atoms in total. The van der Waals surface area contributed by atoms with Crippen LogP contribution in [-0.4, -0.2) is 31.4 Å². The van der Waals surface area contributed by atoms with Gasteiger partial charge in [-0.1, -0.05) is 6.07 Å². The Labute approximate surface area is 141 Å². The first-order chi connectivity index (χ1) is 11.0. The molecule has 0 unspecified atom stereocenters. The van der Waals surface area contributed by atoms with E-state index in [4.69, 9.17) is 4.74 Å². The van der Waals surface area contributed by atoms with E-state index in [0.29, 0.717) is 20.3 Å². The molecule has 8 heteroatoms. The van der Waals surface area contributed by atoms with Crippen molar-refractivity contribution in [3.8, 4) is 0 Å². The molecule has 23 heavy (non-hydrogen) atoms. The van der Waals surface area contributed by atoms with E-state index in [1.807, 2.05) is 0 Å². The summed E-state index contributed by atoms with van der Waals surface area (Å²) in [6.45, 7) is 3.61. The molecule has 2 rings (SSSR count). The Kier molecular flexibility index (Phi) is 5.51. The monoisotopic (exact) mass is 352 g/mol. The fourth-order valence-corrected chi connectivity index (χ4v) is 3.68. The van der Waals surface area contributed by atoms with E-state index in [2.05, 4.69) is 10.6 Å². The highest BCUT2D eigenvalue weighted by molar-refractivity contribution is 7.19. The Bertz CT molecular complexity index is 735. The molecule has 0 atom stereocenters. The van der Waals surface area contributed by atoms with Gasteiger partial charge in [0.15, 0.2) is 0 Å².